The lowest BCUT2D eigenvalue weighted by molar-refractivity contribution is -0.136. The number of halogens is 3. The number of hydrogen-bond acceptors (Lipinski definition) is 3. The minimum Gasteiger partial charge on any atom is -0.466 e. The predicted octanol–water partition coefficient (Wildman–Crippen LogP) is 3.45. The molecular formula is C13H11Cl3N2O3. The van der Waals surface area contributed by atoms with Crippen LogP contribution in [0.15, 0.2) is 23.4 Å². The number of esters is 1. The molecule has 21 heavy (non-hydrogen) atoms. The second-order valence-corrected chi connectivity index (χ2v) is 5.57. The molecule has 112 valence electrons. The van der Waals surface area contributed by atoms with Crippen LogP contribution < -0.4 is 10.6 Å². The molecule has 0 saturated carbocycles. The van der Waals surface area contributed by atoms with Gasteiger partial charge in [0.1, 0.15) is 0 Å². The van der Waals surface area contributed by atoms with Gasteiger partial charge in [0.2, 0.25) is 0 Å². The third-order valence-electron chi connectivity index (χ3n) is 3.01. The van der Waals surface area contributed by atoms with Crippen LogP contribution in [-0.4, -0.2) is 19.1 Å². The topological polar surface area (TPSA) is 67.4 Å². The number of hydrogen-bond donors (Lipinski definition) is 2. The molecule has 2 rings (SSSR count). The Kier molecular flexibility index (Phi) is 4.66. The maximum atomic E-state index is 12.0. The highest BCUT2D eigenvalue weighted by molar-refractivity contribution is 6.43. The van der Waals surface area contributed by atoms with Gasteiger partial charge in [-0.2, -0.15) is 0 Å². The molecule has 1 aliphatic rings. The lowest BCUT2D eigenvalue weighted by Crippen LogP contribution is -2.45. The van der Waals surface area contributed by atoms with E-state index in [1.54, 1.807) is 13.0 Å². The molecule has 1 aromatic carbocycles. The van der Waals surface area contributed by atoms with E-state index in [-0.39, 0.29) is 15.6 Å². The molecule has 0 aliphatic carbocycles. The third kappa shape index (κ3) is 3.10. The van der Waals surface area contributed by atoms with Gasteiger partial charge in [-0.05, 0) is 19.1 Å². The summed E-state index contributed by atoms with van der Waals surface area (Å²) in [6.45, 7) is 1.60. The number of rotatable bonds is 2. The highest BCUT2D eigenvalue weighted by Crippen LogP contribution is 2.37. The van der Waals surface area contributed by atoms with E-state index in [1.807, 2.05) is 0 Å². The Morgan fingerprint density at radius 3 is 2.57 bits per heavy atom. The van der Waals surface area contributed by atoms with Crippen LogP contribution in [0.25, 0.3) is 0 Å². The molecule has 1 heterocycles. The normalized spacial score (nSPS) is 18.1. The molecule has 0 unspecified atom stereocenters. The second-order valence-electron chi connectivity index (χ2n) is 4.35. The fourth-order valence-electron chi connectivity index (χ4n) is 2.09. The van der Waals surface area contributed by atoms with Crippen LogP contribution in [0.4, 0.5) is 4.79 Å². The number of ether oxygens (including phenoxy) is 1. The molecule has 2 N–H and O–H groups in total. The van der Waals surface area contributed by atoms with Crippen LogP contribution >= 0.6 is 34.8 Å². The van der Waals surface area contributed by atoms with E-state index in [1.165, 1.54) is 13.2 Å². The first-order chi connectivity index (χ1) is 9.85. The van der Waals surface area contributed by atoms with Gasteiger partial charge in [-0.25, -0.2) is 9.59 Å². The van der Waals surface area contributed by atoms with E-state index in [0.29, 0.717) is 16.3 Å². The molecule has 5 nitrogen and oxygen atoms in total. The summed E-state index contributed by atoms with van der Waals surface area (Å²) in [6, 6.07) is 1.77. The van der Waals surface area contributed by atoms with E-state index in [2.05, 4.69) is 10.6 Å². The Morgan fingerprint density at radius 2 is 1.95 bits per heavy atom. The summed E-state index contributed by atoms with van der Waals surface area (Å²) in [7, 11) is 1.25. The largest absolute Gasteiger partial charge is 0.466 e. The SMILES string of the molecule is COC(=O)C1=C(C)NC(=O)N[C@@H]1c1cc(Cl)cc(Cl)c1Cl. The zero-order valence-corrected chi connectivity index (χ0v) is 13.4. The van der Waals surface area contributed by atoms with Gasteiger partial charge in [0.25, 0.3) is 0 Å². The fourth-order valence-corrected chi connectivity index (χ4v) is 2.82. The lowest BCUT2D eigenvalue weighted by Gasteiger charge is -2.28. The summed E-state index contributed by atoms with van der Waals surface area (Å²) in [4.78, 5) is 23.6. The Labute approximate surface area is 136 Å². The minimum absolute atomic E-state index is 0.211. The summed E-state index contributed by atoms with van der Waals surface area (Å²) < 4.78 is 4.75. The molecule has 8 heteroatoms. The van der Waals surface area contributed by atoms with Crippen molar-refractivity contribution < 1.29 is 14.3 Å². The van der Waals surface area contributed by atoms with Crippen LogP contribution in [0.2, 0.25) is 15.1 Å². The van der Waals surface area contributed by atoms with Crippen molar-refractivity contribution in [3.05, 3.63) is 44.0 Å². The van der Waals surface area contributed by atoms with Gasteiger partial charge >= 0.3 is 12.0 Å². The molecule has 2 amide bonds. The van der Waals surface area contributed by atoms with Gasteiger partial charge < -0.3 is 15.4 Å². The first kappa shape index (κ1) is 15.9. The van der Waals surface area contributed by atoms with Crippen molar-refractivity contribution in [1.82, 2.24) is 10.6 Å². The minimum atomic E-state index is -0.796. The second kappa shape index (κ2) is 6.13. The van der Waals surface area contributed by atoms with Gasteiger partial charge in [0, 0.05) is 16.3 Å². The quantitative estimate of drug-likeness (QED) is 0.635. The van der Waals surface area contributed by atoms with Crippen LogP contribution in [0.3, 0.4) is 0 Å². The number of carbonyl (C=O) groups is 2. The molecule has 1 aromatic rings. The molecule has 1 atom stereocenters. The Hall–Kier alpha value is -1.43. The van der Waals surface area contributed by atoms with Gasteiger partial charge in [-0.15, -0.1) is 0 Å². The Bertz CT molecular complexity index is 658. The van der Waals surface area contributed by atoms with E-state index < -0.39 is 18.0 Å². The molecule has 0 radical (unpaired) electrons. The van der Waals surface area contributed by atoms with E-state index in [0.717, 1.165) is 0 Å². The average Bonchev–Trinajstić information content (AvgIpc) is 2.41. The number of carbonyl (C=O) groups excluding carboxylic acids is 2. The fraction of sp³-hybridized carbons (Fsp3) is 0.231. The summed E-state index contributed by atoms with van der Waals surface area (Å²) in [5.41, 5.74) is 1.03. The van der Waals surface area contributed by atoms with E-state index >= 15 is 0 Å². The van der Waals surface area contributed by atoms with Gasteiger partial charge in [-0.3, -0.25) is 0 Å². The van der Waals surface area contributed by atoms with Crippen molar-refractivity contribution in [1.29, 1.82) is 0 Å². The number of amides is 2. The smallest absolute Gasteiger partial charge is 0.337 e. The molecular weight excluding hydrogens is 339 g/mol. The first-order valence-electron chi connectivity index (χ1n) is 5.86. The molecule has 0 aromatic heterocycles. The summed E-state index contributed by atoms with van der Waals surface area (Å²) in [5.74, 6) is -0.586. The number of allylic oxidation sites excluding steroid dienone is 1. The summed E-state index contributed by atoms with van der Waals surface area (Å²) in [6.07, 6.45) is 0. The molecule has 0 bridgehead atoms. The third-order valence-corrected chi connectivity index (χ3v) is 4.04. The molecule has 0 saturated heterocycles. The van der Waals surface area contributed by atoms with Crippen LogP contribution in [0.1, 0.15) is 18.5 Å². The molecule has 0 fully saturated rings. The van der Waals surface area contributed by atoms with Gasteiger partial charge in [0.05, 0.1) is 28.8 Å². The highest BCUT2D eigenvalue weighted by Gasteiger charge is 2.33. The van der Waals surface area contributed by atoms with Crippen molar-refractivity contribution >= 4 is 46.8 Å². The maximum Gasteiger partial charge on any atom is 0.337 e. The van der Waals surface area contributed by atoms with Crippen molar-refractivity contribution in [2.45, 2.75) is 13.0 Å². The van der Waals surface area contributed by atoms with Gasteiger partial charge in [-0.1, -0.05) is 34.8 Å². The lowest BCUT2D eigenvalue weighted by atomic mass is 9.95. The monoisotopic (exact) mass is 348 g/mol. The van der Waals surface area contributed by atoms with Crippen LogP contribution in [0.5, 0.6) is 0 Å². The maximum absolute atomic E-state index is 12.0. The number of benzene rings is 1. The number of nitrogens with one attached hydrogen (secondary N) is 2. The summed E-state index contributed by atoms with van der Waals surface area (Å²) in [5, 5.41) is 5.91. The van der Waals surface area contributed by atoms with Crippen molar-refractivity contribution in [2.75, 3.05) is 7.11 Å². The average molecular weight is 350 g/mol. The van der Waals surface area contributed by atoms with Crippen LogP contribution in [0, 0.1) is 0 Å². The standard InChI is InChI=1S/C13H11Cl3N2O3/c1-5-9(12(19)21-2)11(18-13(20)17-5)7-3-6(14)4-8(15)10(7)16/h3-4,11H,1-2H3,(H2,17,18,20)/t11-/m1/s1. The predicted molar refractivity (Wildman–Crippen MR) is 80.6 cm³/mol. The van der Waals surface area contributed by atoms with Crippen molar-refractivity contribution in [2.24, 2.45) is 0 Å². The first-order valence-corrected chi connectivity index (χ1v) is 6.99. The van der Waals surface area contributed by atoms with Gasteiger partial charge in [0.15, 0.2) is 0 Å². The number of urea groups is 1. The van der Waals surface area contributed by atoms with Crippen molar-refractivity contribution in [3.8, 4) is 0 Å². The molecule has 0 spiro atoms. The Balaban J connectivity index is 2.62. The van der Waals surface area contributed by atoms with E-state index in [9.17, 15) is 9.59 Å². The zero-order chi connectivity index (χ0) is 15.7. The van der Waals surface area contributed by atoms with Crippen molar-refractivity contribution in [3.63, 3.8) is 0 Å². The van der Waals surface area contributed by atoms with Crippen LogP contribution in [-0.2, 0) is 9.53 Å². The Morgan fingerprint density at radius 1 is 1.29 bits per heavy atom. The highest BCUT2D eigenvalue weighted by atomic mass is 35.5. The summed E-state index contributed by atoms with van der Waals surface area (Å²) >= 11 is 18.1. The van der Waals surface area contributed by atoms with E-state index in [4.69, 9.17) is 39.5 Å². The zero-order valence-electron chi connectivity index (χ0n) is 11.1. The molecule has 1 aliphatic heterocycles. The number of methoxy groups -OCH3 is 1.